The van der Waals surface area contributed by atoms with Crippen LogP contribution in [0.3, 0.4) is 0 Å². The number of halogens is 1. The highest BCUT2D eigenvalue weighted by Crippen LogP contribution is 2.20. The van der Waals surface area contributed by atoms with Crippen molar-refractivity contribution in [1.29, 1.82) is 0 Å². The lowest BCUT2D eigenvalue weighted by Crippen LogP contribution is -2.28. The Balaban J connectivity index is 2.76. The summed E-state index contributed by atoms with van der Waals surface area (Å²) >= 11 is 6.91. The standard InChI is InChI=1S/C8H12ClNO2S2/c1-6(9)5-10-14(11,12)8-4-3-7(2)13-8/h3-4,6,10H,5H2,1-2H3. The summed E-state index contributed by atoms with van der Waals surface area (Å²) in [6.45, 7) is 3.86. The molecule has 0 bridgehead atoms. The molecule has 0 fully saturated rings. The highest BCUT2D eigenvalue weighted by atomic mass is 35.5. The first kappa shape index (κ1) is 12.0. The zero-order valence-electron chi connectivity index (χ0n) is 7.95. The van der Waals surface area contributed by atoms with E-state index in [0.29, 0.717) is 4.21 Å². The summed E-state index contributed by atoms with van der Waals surface area (Å²) in [4.78, 5) is 0.976. The van der Waals surface area contributed by atoms with Crippen LogP contribution in [0.15, 0.2) is 16.3 Å². The number of rotatable bonds is 4. The second-order valence-corrected chi connectivity index (χ2v) is 7.02. The predicted octanol–water partition coefficient (Wildman–Crippen LogP) is 1.96. The molecule has 1 unspecified atom stereocenters. The maximum Gasteiger partial charge on any atom is 0.250 e. The molecule has 1 aromatic heterocycles. The lowest BCUT2D eigenvalue weighted by Gasteiger charge is -2.05. The van der Waals surface area contributed by atoms with Crippen LogP contribution in [0.5, 0.6) is 0 Å². The first-order valence-corrected chi connectivity index (χ1v) is 6.85. The third kappa shape index (κ3) is 3.24. The quantitative estimate of drug-likeness (QED) is 0.834. The molecule has 1 rings (SSSR count). The molecule has 0 amide bonds. The van der Waals surface area contributed by atoms with Gasteiger partial charge >= 0.3 is 0 Å². The highest BCUT2D eigenvalue weighted by molar-refractivity contribution is 7.91. The largest absolute Gasteiger partial charge is 0.250 e. The number of alkyl halides is 1. The molecular weight excluding hydrogens is 242 g/mol. The van der Waals surface area contributed by atoms with Crippen LogP contribution >= 0.6 is 22.9 Å². The molecule has 1 atom stereocenters. The third-order valence-electron chi connectivity index (χ3n) is 1.54. The van der Waals surface area contributed by atoms with Gasteiger partial charge in [0.05, 0.1) is 0 Å². The smallest absolute Gasteiger partial charge is 0.209 e. The SMILES string of the molecule is Cc1ccc(S(=O)(=O)NCC(C)Cl)s1. The Kier molecular flexibility index (Phi) is 3.94. The maximum atomic E-state index is 11.6. The zero-order chi connectivity index (χ0) is 10.8. The zero-order valence-corrected chi connectivity index (χ0v) is 10.3. The number of sulfonamides is 1. The molecule has 14 heavy (non-hydrogen) atoms. The first-order valence-electron chi connectivity index (χ1n) is 4.12. The van der Waals surface area contributed by atoms with Gasteiger partial charge in [0.2, 0.25) is 10.0 Å². The molecule has 0 aliphatic carbocycles. The van der Waals surface area contributed by atoms with Crippen molar-refractivity contribution in [3.63, 3.8) is 0 Å². The molecule has 0 aliphatic heterocycles. The highest BCUT2D eigenvalue weighted by Gasteiger charge is 2.15. The van der Waals surface area contributed by atoms with E-state index in [0.717, 1.165) is 4.88 Å². The summed E-state index contributed by atoms with van der Waals surface area (Å²) < 4.78 is 26.0. The molecule has 6 heteroatoms. The van der Waals surface area contributed by atoms with Crippen molar-refractivity contribution >= 4 is 33.0 Å². The van der Waals surface area contributed by atoms with Gasteiger partial charge in [-0.3, -0.25) is 0 Å². The fourth-order valence-corrected chi connectivity index (χ4v) is 3.48. The van der Waals surface area contributed by atoms with Crippen LogP contribution in [0.1, 0.15) is 11.8 Å². The second kappa shape index (κ2) is 4.61. The van der Waals surface area contributed by atoms with Crippen LogP contribution in [0, 0.1) is 6.92 Å². The van der Waals surface area contributed by atoms with E-state index in [1.165, 1.54) is 11.3 Å². The van der Waals surface area contributed by atoms with E-state index >= 15 is 0 Å². The fourth-order valence-electron chi connectivity index (χ4n) is 0.852. The molecule has 0 aromatic carbocycles. The van der Waals surface area contributed by atoms with Crippen molar-refractivity contribution in [3.05, 3.63) is 17.0 Å². The summed E-state index contributed by atoms with van der Waals surface area (Å²) in [6, 6.07) is 3.38. The van der Waals surface area contributed by atoms with Gasteiger partial charge in [0.25, 0.3) is 0 Å². The molecule has 3 nitrogen and oxygen atoms in total. The first-order chi connectivity index (χ1) is 6.42. The van der Waals surface area contributed by atoms with E-state index in [-0.39, 0.29) is 11.9 Å². The van der Waals surface area contributed by atoms with Crippen molar-refractivity contribution in [3.8, 4) is 0 Å². The summed E-state index contributed by atoms with van der Waals surface area (Å²) in [6.07, 6.45) is 0. The van der Waals surface area contributed by atoms with Crippen molar-refractivity contribution in [2.75, 3.05) is 6.54 Å². The van der Waals surface area contributed by atoms with Gasteiger partial charge in [-0.25, -0.2) is 13.1 Å². The molecule has 0 saturated heterocycles. The van der Waals surface area contributed by atoms with Crippen LogP contribution in [0.4, 0.5) is 0 Å². The Labute approximate surface area is 93.1 Å². The lowest BCUT2D eigenvalue weighted by atomic mass is 10.5. The van der Waals surface area contributed by atoms with Crippen molar-refractivity contribution < 1.29 is 8.42 Å². The summed E-state index contributed by atoms with van der Waals surface area (Å²) in [7, 11) is -3.35. The topological polar surface area (TPSA) is 46.2 Å². The molecule has 0 aliphatic rings. The van der Waals surface area contributed by atoms with Gasteiger partial charge in [-0.2, -0.15) is 0 Å². The predicted molar refractivity (Wildman–Crippen MR) is 59.6 cm³/mol. The number of aryl methyl sites for hydroxylation is 1. The van der Waals surface area contributed by atoms with Gasteiger partial charge < -0.3 is 0 Å². The Hall–Kier alpha value is -0.100. The van der Waals surface area contributed by atoms with Crippen molar-refractivity contribution in [1.82, 2.24) is 4.72 Å². The van der Waals surface area contributed by atoms with E-state index in [1.54, 1.807) is 19.1 Å². The summed E-state index contributed by atoms with van der Waals surface area (Å²) in [5, 5.41) is -0.203. The minimum absolute atomic E-state index is 0.203. The Morgan fingerprint density at radius 2 is 2.21 bits per heavy atom. The van der Waals surface area contributed by atoms with Crippen LogP contribution in [-0.4, -0.2) is 20.3 Å². The van der Waals surface area contributed by atoms with E-state index in [9.17, 15) is 8.42 Å². The third-order valence-corrected chi connectivity index (χ3v) is 4.61. The van der Waals surface area contributed by atoms with Gasteiger partial charge in [0, 0.05) is 16.8 Å². The van der Waals surface area contributed by atoms with Gasteiger partial charge in [-0.15, -0.1) is 22.9 Å². The minimum Gasteiger partial charge on any atom is -0.209 e. The van der Waals surface area contributed by atoms with Crippen LogP contribution < -0.4 is 4.72 Å². The monoisotopic (exact) mass is 253 g/mol. The normalized spacial score (nSPS) is 14.2. The van der Waals surface area contributed by atoms with Gasteiger partial charge in [0.1, 0.15) is 4.21 Å². The average Bonchev–Trinajstić information content (AvgIpc) is 2.49. The Bertz CT molecular complexity index is 397. The number of thiophene rings is 1. The minimum atomic E-state index is -3.35. The fraction of sp³-hybridized carbons (Fsp3) is 0.500. The molecule has 0 radical (unpaired) electrons. The molecule has 80 valence electrons. The van der Waals surface area contributed by atoms with Gasteiger partial charge in [0.15, 0.2) is 0 Å². The number of hydrogen-bond donors (Lipinski definition) is 1. The van der Waals surface area contributed by atoms with Crippen LogP contribution in [0.2, 0.25) is 0 Å². The van der Waals surface area contributed by atoms with E-state index < -0.39 is 10.0 Å². The van der Waals surface area contributed by atoms with E-state index in [2.05, 4.69) is 4.72 Å². The van der Waals surface area contributed by atoms with Crippen LogP contribution in [-0.2, 0) is 10.0 Å². The van der Waals surface area contributed by atoms with E-state index in [4.69, 9.17) is 11.6 Å². The number of nitrogens with one attached hydrogen (secondary N) is 1. The molecular formula is C8H12ClNO2S2. The number of hydrogen-bond acceptors (Lipinski definition) is 3. The summed E-state index contributed by atoms with van der Waals surface area (Å²) in [5.41, 5.74) is 0. The Morgan fingerprint density at radius 3 is 2.64 bits per heavy atom. The van der Waals surface area contributed by atoms with Crippen LogP contribution in [0.25, 0.3) is 0 Å². The molecule has 1 heterocycles. The summed E-state index contributed by atoms with van der Waals surface area (Å²) in [5.74, 6) is 0. The van der Waals surface area contributed by atoms with Crippen molar-refractivity contribution in [2.45, 2.75) is 23.4 Å². The molecule has 0 saturated carbocycles. The lowest BCUT2D eigenvalue weighted by molar-refractivity contribution is 0.583. The molecule has 1 aromatic rings. The second-order valence-electron chi connectivity index (χ2n) is 3.00. The maximum absolute atomic E-state index is 11.6. The van der Waals surface area contributed by atoms with Gasteiger partial charge in [-0.1, -0.05) is 0 Å². The van der Waals surface area contributed by atoms with Crippen molar-refractivity contribution in [2.24, 2.45) is 0 Å². The van der Waals surface area contributed by atoms with Gasteiger partial charge in [-0.05, 0) is 26.0 Å². The average molecular weight is 254 g/mol. The molecule has 0 spiro atoms. The Morgan fingerprint density at radius 1 is 1.57 bits per heavy atom. The van der Waals surface area contributed by atoms with E-state index in [1.807, 2.05) is 6.92 Å². The molecule has 1 N–H and O–H groups in total.